The summed E-state index contributed by atoms with van der Waals surface area (Å²) >= 11 is 0. The molecule has 1 aliphatic rings. The van der Waals surface area contributed by atoms with Gasteiger partial charge in [-0.15, -0.1) is 0 Å². The van der Waals surface area contributed by atoms with Crippen molar-refractivity contribution in [1.82, 2.24) is 25.0 Å². The van der Waals surface area contributed by atoms with Gasteiger partial charge in [0.2, 0.25) is 17.6 Å². The first-order valence-corrected chi connectivity index (χ1v) is 8.43. The summed E-state index contributed by atoms with van der Waals surface area (Å²) in [5, 5.41) is 4.00. The Bertz CT molecular complexity index is 855. The Kier molecular flexibility index (Phi) is 4.74. The maximum atomic E-state index is 6.00. The summed E-state index contributed by atoms with van der Waals surface area (Å²) in [5.74, 6) is 2.34. The molecule has 0 radical (unpaired) electrons. The van der Waals surface area contributed by atoms with Gasteiger partial charge in [-0.3, -0.25) is 4.90 Å². The second-order valence-electron chi connectivity index (χ2n) is 6.03. The number of ether oxygens (including phenoxy) is 2. The molecule has 0 unspecified atom stereocenters. The van der Waals surface area contributed by atoms with Crippen LogP contribution >= 0.6 is 0 Å². The number of methoxy groups -OCH3 is 1. The number of likely N-dealkylation sites (tertiary alicyclic amines) is 1. The van der Waals surface area contributed by atoms with Gasteiger partial charge >= 0.3 is 0 Å². The molecule has 0 amide bonds. The first-order chi connectivity index (χ1) is 12.8. The Morgan fingerprint density at radius 2 is 2.12 bits per heavy atom. The molecule has 4 rings (SSSR count). The molecule has 0 spiro atoms. The second kappa shape index (κ2) is 7.49. The van der Waals surface area contributed by atoms with Gasteiger partial charge in [0.25, 0.3) is 0 Å². The fourth-order valence-corrected chi connectivity index (χ4v) is 2.92. The van der Waals surface area contributed by atoms with E-state index in [1.807, 2.05) is 30.3 Å². The number of para-hydroxylation sites is 1. The smallest absolute Gasteiger partial charge is 0.241 e. The summed E-state index contributed by atoms with van der Waals surface area (Å²) in [4.78, 5) is 14.8. The standard InChI is InChI=1S/C18H19N5O3/c1-24-16-9-15(19-12-20-16)18-21-17(26-22-18)11-23-8-7-14(10-23)25-13-5-3-2-4-6-13/h2-6,9,12,14H,7-8,10-11H2,1H3/t14-/m1/s1. The number of hydrogen-bond donors (Lipinski definition) is 0. The zero-order valence-corrected chi connectivity index (χ0v) is 14.4. The maximum Gasteiger partial charge on any atom is 0.241 e. The summed E-state index contributed by atoms with van der Waals surface area (Å²) in [6.45, 7) is 2.34. The lowest BCUT2D eigenvalue weighted by atomic mass is 10.3. The van der Waals surface area contributed by atoms with Crippen molar-refractivity contribution in [2.24, 2.45) is 0 Å². The van der Waals surface area contributed by atoms with Crippen LogP contribution in [0.5, 0.6) is 11.6 Å². The molecule has 3 aromatic rings. The van der Waals surface area contributed by atoms with Crippen molar-refractivity contribution >= 4 is 0 Å². The summed E-state index contributed by atoms with van der Waals surface area (Å²) in [6, 6.07) is 11.6. The highest BCUT2D eigenvalue weighted by Crippen LogP contribution is 2.21. The topological polar surface area (TPSA) is 86.4 Å². The van der Waals surface area contributed by atoms with Crippen molar-refractivity contribution in [3.63, 3.8) is 0 Å². The molecule has 8 heteroatoms. The van der Waals surface area contributed by atoms with Crippen LogP contribution in [-0.4, -0.2) is 51.3 Å². The van der Waals surface area contributed by atoms with Gasteiger partial charge in [0.15, 0.2) is 0 Å². The van der Waals surface area contributed by atoms with Crippen LogP contribution in [0.15, 0.2) is 47.2 Å². The van der Waals surface area contributed by atoms with Gasteiger partial charge in [-0.05, 0) is 18.6 Å². The van der Waals surface area contributed by atoms with E-state index >= 15 is 0 Å². The molecule has 134 valence electrons. The Morgan fingerprint density at radius 3 is 2.96 bits per heavy atom. The molecule has 0 N–H and O–H groups in total. The zero-order chi connectivity index (χ0) is 17.8. The van der Waals surface area contributed by atoms with Crippen molar-refractivity contribution in [2.45, 2.75) is 19.1 Å². The molecule has 1 atom stereocenters. The Morgan fingerprint density at radius 1 is 1.23 bits per heavy atom. The highest BCUT2D eigenvalue weighted by molar-refractivity contribution is 5.49. The van der Waals surface area contributed by atoms with Crippen molar-refractivity contribution in [3.8, 4) is 23.1 Å². The van der Waals surface area contributed by atoms with Crippen LogP contribution in [-0.2, 0) is 6.54 Å². The average Bonchev–Trinajstić information content (AvgIpc) is 3.33. The lowest BCUT2D eigenvalue weighted by molar-refractivity contribution is 0.190. The average molecular weight is 353 g/mol. The Labute approximate surface area is 150 Å². The van der Waals surface area contributed by atoms with E-state index in [4.69, 9.17) is 14.0 Å². The van der Waals surface area contributed by atoms with E-state index in [0.717, 1.165) is 25.3 Å². The minimum Gasteiger partial charge on any atom is -0.489 e. The fourth-order valence-electron chi connectivity index (χ4n) is 2.92. The molecule has 3 heterocycles. The third kappa shape index (κ3) is 3.80. The predicted molar refractivity (Wildman–Crippen MR) is 92.6 cm³/mol. The predicted octanol–water partition coefficient (Wildman–Crippen LogP) is 2.19. The number of benzene rings is 1. The minimum atomic E-state index is 0.172. The highest BCUT2D eigenvalue weighted by Gasteiger charge is 2.25. The van der Waals surface area contributed by atoms with Crippen molar-refractivity contribution < 1.29 is 14.0 Å². The van der Waals surface area contributed by atoms with Crippen LogP contribution in [0.2, 0.25) is 0 Å². The third-order valence-corrected chi connectivity index (χ3v) is 4.18. The zero-order valence-electron chi connectivity index (χ0n) is 14.4. The molecular formula is C18H19N5O3. The molecule has 2 aromatic heterocycles. The van der Waals surface area contributed by atoms with Crippen LogP contribution < -0.4 is 9.47 Å². The maximum absolute atomic E-state index is 6.00. The molecule has 0 aliphatic carbocycles. The molecular weight excluding hydrogens is 334 g/mol. The molecule has 0 saturated carbocycles. The molecule has 1 saturated heterocycles. The molecule has 0 bridgehead atoms. The largest absolute Gasteiger partial charge is 0.489 e. The fraction of sp³-hybridized carbons (Fsp3) is 0.333. The van der Waals surface area contributed by atoms with Crippen LogP contribution in [0.25, 0.3) is 11.5 Å². The summed E-state index contributed by atoms with van der Waals surface area (Å²) in [7, 11) is 1.55. The van der Waals surface area contributed by atoms with Gasteiger partial charge in [-0.2, -0.15) is 4.98 Å². The lowest BCUT2D eigenvalue weighted by Crippen LogP contribution is -2.24. The van der Waals surface area contributed by atoms with Crippen LogP contribution in [0.3, 0.4) is 0 Å². The molecule has 26 heavy (non-hydrogen) atoms. The number of hydrogen-bond acceptors (Lipinski definition) is 8. The van der Waals surface area contributed by atoms with E-state index in [2.05, 4.69) is 25.0 Å². The van der Waals surface area contributed by atoms with Crippen molar-refractivity contribution in [1.29, 1.82) is 0 Å². The lowest BCUT2D eigenvalue weighted by Gasteiger charge is -2.15. The van der Waals surface area contributed by atoms with Crippen LogP contribution in [0.1, 0.15) is 12.3 Å². The Hall–Kier alpha value is -3.00. The minimum absolute atomic E-state index is 0.172. The summed E-state index contributed by atoms with van der Waals surface area (Å²) in [6.07, 6.45) is 2.56. The molecule has 1 aromatic carbocycles. The van der Waals surface area contributed by atoms with Crippen molar-refractivity contribution in [2.75, 3.05) is 20.2 Å². The van der Waals surface area contributed by atoms with E-state index in [0.29, 0.717) is 29.8 Å². The molecule has 1 aliphatic heterocycles. The van der Waals surface area contributed by atoms with E-state index in [-0.39, 0.29) is 6.10 Å². The Balaban J connectivity index is 1.36. The van der Waals surface area contributed by atoms with E-state index in [1.54, 1.807) is 13.2 Å². The van der Waals surface area contributed by atoms with Crippen molar-refractivity contribution in [3.05, 3.63) is 48.6 Å². The quantitative estimate of drug-likeness (QED) is 0.666. The number of nitrogens with zero attached hydrogens (tertiary/aromatic N) is 5. The normalized spacial score (nSPS) is 17.3. The van der Waals surface area contributed by atoms with E-state index in [9.17, 15) is 0 Å². The van der Waals surface area contributed by atoms with Gasteiger partial charge in [0.05, 0.1) is 13.7 Å². The van der Waals surface area contributed by atoms with E-state index < -0.39 is 0 Å². The monoisotopic (exact) mass is 353 g/mol. The number of aromatic nitrogens is 4. The van der Waals surface area contributed by atoms with Crippen LogP contribution in [0, 0.1) is 0 Å². The van der Waals surface area contributed by atoms with Gasteiger partial charge in [-0.1, -0.05) is 23.4 Å². The molecule has 1 fully saturated rings. The van der Waals surface area contributed by atoms with Gasteiger partial charge in [-0.25, -0.2) is 9.97 Å². The van der Waals surface area contributed by atoms with E-state index in [1.165, 1.54) is 6.33 Å². The highest BCUT2D eigenvalue weighted by atomic mass is 16.5. The van der Waals surface area contributed by atoms with Gasteiger partial charge < -0.3 is 14.0 Å². The second-order valence-corrected chi connectivity index (χ2v) is 6.03. The van der Waals surface area contributed by atoms with Crippen LogP contribution in [0.4, 0.5) is 0 Å². The number of rotatable bonds is 6. The SMILES string of the molecule is COc1cc(-c2noc(CN3CC[C@@H](Oc4ccccc4)C3)n2)ncn1. The first kappa shape index (κ1) is 16.5. The first-order valence-electron chi connectivity index (χ1n) is 8.43. The van der Waals surface area contributed by atoms with Gasteiger partial charge in [0.1, 0.15) is 23.9 Å². The summed E-state index contributed by atoms with van der Waals surface area (Å²) in [5.41, 5.74) is 0.568. The summed E-state index contributed by atoms with van der Waals surface area (Å²) < 4.78 is 16.5. The van der Waals surface area contributed by atoms with Gasteiger partial charge in [0, 0.05) is 19.2 Å². The third-order valence-electron chi connectivity index (χ3n) is 4.18. The molecule has 8 nitrogen and oxygen atoms in total.